The highest BCUT2D eigenvalue weighted by Crippen LogP contribution is 1.98. The summed E-state index contributed by atoms with van der Waals surface area (Å²) in [6, 6.07) is 0. The number of imidazole rings is 1. The van der Waals surface area contributed by atoms with Gasteiger partial charge in [-0.3, -0.25) is 0 Å². The van der Waals surface area contributed by atoms with Crippen LogP contribution in [0.4, 0.5) is 0 Å². The number of aromatic nitrogens is 2. The molecule has 0 unspecified atom stereocenters. The van der Waals surface area contributed by atoms with E-state index in [0.717, 1.165) is 5.69 Å². The Morgan fingerprint density at radius 2 is 2.50 bits per heavy atom. The monoisotopic (exact) mass is 140 g/mol. The van der Waals surface area contributed by atoms with E-state index in [9.17, 15) is 0 Å². The second-order valence-corrected chi connectivity index (χ2v) is 2.58. The predicted octanol–water partition coefficient (Wildman–Crippen LogP) is 0.343. The van der Waals surface area contributed by atoms with Gasteiger partial charge in [0.05, 0.1) is 18.1 Å². The zero-order valence-electron chi connectivity index (χ0n) is 6.28. The molecule has 10 heavy (non-hydrogen) atoms. The van der Waals surface area contributed by atoms with Gasteiger partial charge in [0.1, 0.15) is 0 Å². The van der Waals surface area contributed by atoms with Crippen LogP contribution in [0.5, 0.6) is 0 Å². The fourth-order valence-corrected chi connectivity index (χ4v) is 0.875. The van der Waals surface area contributed by atoms with Crippen LogP contribution in [-0.2, 0) is 13.5 Å². The average Bonchev–Trinajstić information content (AvgIpc) is 2.13. The van der Waals surface area contributed by atoms with Gasteiger partial charge in [0, 0.05) is 19.7 Å². The third-order valence-electron chi connectivity index (χ3n) is 1.26. The maximum Gasteiger partial charge on any atom is 0.0946 e. The summed E-state index contributed by atoms with van der Waals surface area (Å²) < 4.78 is 1.87. The minimum atomic E-state index is -0.296. The summed E-state index contributed by atoms with van der Waals surface area (Å²) in [7, 11) is 1.92. The van der Waals surface area contributed by atoms with Crippen LogP contribution in [0, 0.1) is 0 Å². The van der Waals surface area contributed by atoms with Crippen molar-refractivity contribution in [3.8, 4) is 0 Å². The summed E-state index contributed by atoms with van der Waals surface area (Å²) in [6.45, 7) is 1.76. The van der Waals surface area contributed by atoms with Gasteiger partial charge in [-0.15, -0.1) is 0 Å². The number of aliphatic hydroxyl groups excluding tert-OH is 1. The summed E-state index contributed by atoms with van der Waals surface area (Å²) in [4.78, 5) is 4.06. The van der Waals surface area contributed by atoms with Crippen LogP contribution in [-0.4, -0.2) is 20.8 Å². The number of nitrogens with zero attached hydrogens (tertiary/aromatic N) is 2. The molecule has 0 amide bonds. The summed E-state index contributed by atoms with van der Waals surface area (Å²) in [6.07, 6.45) is 3.99. The van der Waals surface area contributed by atoms with Gasteiger partial charge < -0.3 is 9.67 Å². The molecule has 3 nitrogen and oxygen atoms in total. The molecule has 0 saturated heterocycles. The number of hydrogen-bond donors (Lipinski definition) is 1. The Hall–Kier alpha value is -0.830. The lowest BCUT2D eigenvalue weighted by atomic mass is 10.2. The summed E-state index contributed by atoms with van der Waals surface area (Å²) in [5.74, 6) is 0. The van der Waals surface area contributed by atoms with Gasteiger partial charge >= 0.3 is 0 Å². The third-order valence-corrected chi connectivity index (χ3v) is 1.26. The standard InChI is InChI=1S/C7H12N2O/c1-6(10)3-7-4-9(2)5-8-7/h4-6,10H,3H2,1-2H3/t6-/m1/s1. The highest BCUT2D eigenvalue weighted by molar-refractivity contribution is 4.97. The van der Waals surface area contributed by atoms with Crippen LogP contribution in [0.3, 0.4) is 0 Å². The van der Waals surface area contributed by atoms with E-state index < -0.39 is 0 Å². The lowest BCUT2D eigenvalue weighted by molar-refractivity contribution is 0.194. The molecular formula is C7H12N2O. The molecule has 0 aliphatic heterocycles. The molecule has 0 bridgehead atoms. The van der Waals surface area contributed by atoms with Crippen molar-refractivity contribution in [1.82, 2.24) is 9.55 Å². The zero-order valence-corrected chi connectivity index (χ0v) is 6.28. The largest absolute Gasteiger partial charge is 0.393 e. The predicted molar refractivity (Wildman–Crippen MR) is 38.6 cm³/mol. The summed E-state index contributed by atoms with van der Waals surface area (Å²) in [5, 5.41) is 8.97. The van der Waals surface area contributed by atoms with Crippen molar-refractivity contribution in [3.05, 3.63) is 18.2 Å². The Morgan fingerprint density at radius 1 is 1.80 bits per heavy atom. The second-order valence-electron chi connectivity index (χ2n) is 2.58. The minimum Gasteiger partial charge on any atom is -0.393 e. The van der Waals surface area contributed by atoms with Crippen LogP contribution < -0.4 is 0 Å². The smallest absolute Gasteiger partial charge is 0.0946 e. The van der Waals surface area contributed by atoms with Crippen molar-refractivity contribution >= 4 is 0 Å². The van der Waals surface area contributed by atoms with Gasteiger partial charge in [-0.2, -0.15) is 0 Å². The van der Waals surface area contributed by atoms with Crippen molar-refractivity contribution < 1.29 is 5.11 Å². The number of aryl methyl sites for hydroxylation is 1. The van der Waals surface area contributed by atoms with Gasteiger partial charge in [-0.1, -0.05) is 0 Å². The molecule has 1 heterocycles. The van der Waals surface area contributed by atoms with Gasteiger partial charge in [0.2, 0.25) is 0 Å². The second kappa shape index (κ2) is 2.84. The van der Waals surface area contributed by atoms with E-state index in [1.165, 1.54) is 0 Å². The molecule has 0 aliphatic carbocycles. The highest BCUT2D eigenvalue weighted by Gasteiger charge is 2.00. The number of rotatable bonds is 2. The van der Waals surface area contributed by atoms with E-state index in [0.29, 0.717) is 6.42 Å². The Kier molecular flexibility index (Phi) is 2.06. The van der Waals surface area contributed by atoms with E-state index in [2.05, 4.69) is 4.98 Å². The van der Waals surface area contributed by atoms with Crippen LogP contribution in [0.1, 0.15) is 12.6 Å². The molecular weight excluding hydrogens is 128 g/mol. The molecule has 0 fully saturated rings. The van der Waals surface area contributed by atoms with Crippen molar-refractivity contribution in [2.45, 2.75) is 19.4 Å². The van der Waals surface area contributed by atoms with Crippen molar-refractivity contribution in [2.24, 2.45) is 7.05 Å². The van der Waals surface area contributed by atoms with Gasteiger partial charge in [0.25, 0.3) is 0 Å². The third kappa shape index (κ3) is 1.84. The molecule has 56 valence electrons. The van der Waals surface area contributed by atoms with Crippen LogP contribution in [0.25, 0.3) is 0 Å². The average molecular weight is 140 g/mol. The van der Waals surface area contributed by atoms with Crippen molar-refractivity contribution in [1.29, 1.82) is 0 Å². The molecule has 1 atom stereocenters. The minimum absolute atomic E-state index is 0.296. The van der Waals surface area contributed by atoms with E-state index in [-0.39, 0.29) is 6.10 Å². The highest BCUT2D eigenvalue weighted by atomic mass is 16.3. The van der Waals surface area contributed by atoms with Gasteiger partial charge in [-0.05, 0) is 6.92 Å². The molecule has 0 saturated carbocycles. The molecule has 1 N–H and O–H groups in total. The van der Waals surface area contributed by atoms with Crippen molar-refractivity contribution in [2.75, 3.05) is 0 Å². The lowest BCUT2D eigenvalue weighted by Gasteiger charge is -1.97. The maximum absolute atomic E-state index is 8.97. The first-order chi connectivity index (χ1) is 4.68. The first-order valence-electron chi connectivity index (χ1n) is 3.33. The van der Waals surface area contributed by atoms with Gasteiger partial charge in [-0.25, -0.2) is 4.98 Å². The molecule has 0 radical (unpaired) electrons. The molecule has 1 rings (SSSR count). The normalized spacial score (nSPS) is 13.5. The molecule has 0 spiro atoms. The lowest BCUT2D eigenvalue weighted by Crippen LogP contribution is -2.03. The van der Waals surface area contributed by atoms with Crippen LogP contribution in [0.15, 0.2) is 12.5 Å². The Balaban J connectivity index is 2.58. The molecule has 0 aliphatic rings. The van der Waals surface area contributed by atoms with E-state index in [1.807, 2.05) is 17.8 Å². The number of hydrogen-bond acceptors (Lipinski definition) is 2. The molecule has 0 aromatic carbocycles. The Bertz CT molecular complexity index is 205. The molecule has 3 heteroatoms. The van der Waals surface area contributed by atoms with Crippen LogP contribution in [0.2, 0.25) is 0 Å². The maximum atomic E-state index is 8.97. The topological polar surface area (TPSA) is 38.0 Å². The van der Waals surface area contributed by atoms with Crippen LogP contribution >= 0.6 is 0 Å². The number of aliphatic hydroxyl groups is 1. The fourth-order valence-electron chi connectivity index (χ4n) is 0.875. The summed E-state index contributed by atoms with van der Waals surface area (Å²) >= 11 is 0. The first-order valence-corrected chi connectivity index (χ1v) is 3.33. The van der Waals surface area contributed by atoms with E-state index in [4.69, 9.17) is 5.11 Å². The fraction of sp³-hybridized carbons (Fsp3) is 0.571. The van der Waals surface area contributed by atoms with Gasteiger partial charge in [0.15, 0.2) is 0 Å². The summed E-state index contributed by atoms with van der Waals surface area (Å²) in [5.41, 5.74) is 0.942. The Morgan fingerprint density at radius 3 is 2.90 bits per heavy atom. The molecule has 1 aromatic heterocycles. The SMILES string of the molecule is C[C@@H](O)Cc1cn(C)cn1. The van der Waals surface area contributed by atoms with Crippen molar-refractivity contribution in [3.63, 3.8) is 0 Å². The zero-order chi connectivity index (χ0) is 7.56. The van der Waals surface area contributed by atoms with E-state index >= 15 is 0 Å². The molecule has 1 aromatic rings. The van der Waals surface area contributed by atoms with E-state index in [1.54, 1.807) is 13.3 Å². The Labute approximate surface area is 60.3 Å². The first kappa shape index (κ1) is 7.28. The quantitative estimate of drug-likeness (QED) is 0.643.